The van der Waals surface area contributed by atoms with Crippen LogP contribution in [0.2, 0.25) is 0 Å². The first kappa shape index (κ1) is 37.2. The van der Waals surface area contributed by atoms with Crippen molar-refractivity contribution in [3.8, 4) is 11.1 Å². The summed E-state index contributed by atoms with van der Waals surface area (Å²) in [5.41, 5.74) is -1.60. The van der Waals surface area contributed by atoms with Gasteiger partial charge in [0.25, 0.3) is 5.92 Å². The Morgan fingerprint density at radius 2 is 1.78 bits per heavy atom. The van der Waals surface area contributed by atoms with Gasteiger partial charge >= 0.3 is 6.18 Å². The van der Waals surface area contributed by atoms with Gasteiger partial charge in [0.1, 0.15) is 23.9 Å². The highest BCUT2D eigenvalue weighted by Crippen LogP contribution is 2.49. The number of benzene rings is 2. The fourth-order valence-corrected chi connectivity index (χ4v) is 8.22. The number of carbonyl (C=O) groups excluding carboxylic acids is 1. The van der Waals surface area contributed by atoms with Gasteiger partial charge in [-0.15, -0.1) is 11.3 Å². The number of carbonyl (C=O) groups is 1. The number of nitrogens with zero attached hydrogens (tertiary/aromatic N) is 6. The van der Waals surface area contributed by atoms with E-state index >= 15 is 8.78 Å². The minimum absolute atomic E-state index is 0.0252. The number of hydrogen-bond donors (Lipinski definition) is 2. The zero-order valence-corrected chi connectivity index (χ0v) is 30.3. The monoisotopic (exact) mass is 794 g/mol. The molecule has 20 heteroatoms. The molecule has 1 amide bonds. The van der Waals surface area contributed by atoms with Crippen molar-refractivity contribution in [3.05, 3.63) is 87.3 Å². The maximum Gasteiger partial charge on any atom is 0.435 e. The summed E-state index contributed by atoms with van der Waals surface area (Å²) in [4.78, 5) is 23.1. The number of thiazole rings is 1. The third-order valence-electron chi connectivity index (χ3n) is 9.04. The van der Waals surface area contributed by atoms with E-state index in [9.17, 15) is 35.2 Å². The number of aromatic nitrogens is 6. The van der Waals surface area contributed by atoms with Gasteiger partial charge in [-0.05, 0) is 49.6 Å². The summed E-state index contributed by atoms with van der Waals surface area (Å²) in [5, 5.41) is 11.4. The number of para-hydroxylation sites is 1. The second-order valence-electron chi connectivity index (χ2n) is 13.2. The van der Waals surface area contributed by atoms with Crippen LogP contribution in [0.15, 0.2) is 42.5 Å². The SMILES string of the molecule is Cc1nc2nc(C(Cc3cc(F)cc(F)c3)NC(=O)Cn3nc(C(F)(F)F)c4c3C(F)(F)[C@H](C)C4)c(-c3cccc4c(NS(C)(=O)=O)nn(C)c34)cc2s1. The summed E-state index contributed by atoms with van der Waals surface area (Å²) in [7, 11) is -2.18. The molecule has 0 aliphatic heterocycles. The molecule has 54 heavy (non-hydrogen) atoms. The number of rotatable bonds is 9. The lowest BCUT2D eigenvalue weighted by Crippen LogP contribution is -2.35. The van der Waals surface area contributed by atoms with Crippen molar-refractivity contribution in [2.45, 2.75) is 51.4 Å². The summed E-state index contributed by atoms with van der Waals surface area (Å²) >= 11 is 1.29. The van der Waals surface area contributed by atoms with Crippen molar-refractivity contribution in [3.63, 3.8) is 0 Å². The van der Waals surface area contributed by atoms with Crippen LogP contribution in [0, 0.1) is 24.5 Å². The van der Waals surface area contributed by atoms with E-state index in [0.717, 1.165) is 25.3 Å². The lowest BCUT2D eigenvalue weighted by Gasteiger charge is -2.23. The third kappa shape index (κ3) is 6.87. The Morgan fingerprint density at radius 3 is 2.44 bits per heavy atom. The fourth-order valence-electron chi connectivity index (χ4n) is 6.90. The van der Waals surface area contributed by atoms with Gasteiger partial charge in [-0.25, -0.2) is 27.2 Å². The van der Waals surface area contributed by atoms with Crippen molar-refractivity contribution in [2.24, 2.45) is 13.0 Å². The molecule has 0 bridgehead atoms. The molecule has 4 aromatic heterocycles. The largest absolute Gasteiger partial charge is 0.435 e. The second-order valence-corrected chi connectivity index (χ2v) is 16.2. The van der Waals surface area contributed by atoms with Crippen LogP contribution in [0.1, 0.15) is 46.2 Å². The molecule has 2 atom stereocenters. The van der Waals surface area contributed by atoms with Gasteiger partial charge in [-0.3, -0.25) is 18.9 Å². The predicted molar refractivity (Wildman–Crippen MR) is 185 cm³/mol. The average Bonchev–Trinajstić information content (AvgIpc) is 3.75. The Balaban J connectivity index is 1.38. The number of hydrogen-bond acceptors (Lipinski definition) is 8. The molecular weight excluding hydrogens is 766 g/mol. The molecule has 7 rings (SSSR count). The maximum absolute atomic E-state index is 15.3. The first-order valence-electron chi connectivity index (χ1n) is 16.2. The molecule has 1 aliphatic rings. The molecule has 2 N–H and O–H groups in total. The number of anilines is 1. The Hall–Kier alpha value is -5.11. The molecule has 1 unspecified atom stereocenters. The molecule has 1 aliphatic carbocycles. The lowest BCUT2D eigenvalue weighted by molar-refractivity contribution is -0.142. The van der Waals surface area contributed by atoms with Crippen LogP contribution in [0.3, 0.4) is 0 Å². The van der Waals surface area contributed by atoms with Crippen LogP contribution in [0.25, 0.3) is 32.4 Å². The van der Waals surface area contributed by atoms with Gasteiger partial charge in [0.15, 0.2) is 17.2 Å². The van der Waals surface area contributed by atoms with E-state index in [1.165, 1.54) is 16.0 Å². The summed E-state index contributed by atoms with van der Waals surface area (Å²) in [6.07, 6.45) is -5.03. The minimum atomic E-state index is -5.07. The van der Waals surface area contributed by atoms with Crippen molar-refractivity contribution in [1.29, 1.82) is 0 Å². The predicted octanol–water partition coefficient (Wildman–Crippen LogP) is 6.80. The number of amides is 1. The van der Waals surface area contributed by atoms with Crippen molar-refractivity contribution >= 4 is 54.3 Å². The summed E-state index contributed by atoms with van der Waals surface area (Å²) in [5.74, 6) is -8.09. The summed E-state index contributed by atoms with van der Waals surface area (Å²) < 4.78 is 130. The van der Waals surface area contributed by atoms with E-state index in [2.05, 4.69) is 25.2 Å². The highest BCUT2D eigenvalue weighted by molar-refractivity contribution is 7.92. The minimum Gasteiger partial charge on any atom is -0.346 e. The molecule has 6 aromatic rings. The van der Waals surface area contributed by atoms with Gasteiger partial charge in [-0.2, -0.15) is 32.1 Å². The van der Waals surface area contributed by atoms with E-state index in [1.807, 2.05) is 0 Å². The van der Waals surface area contributed by atoms with Gasteiger partial charge < -0.3 is 5.32 Å². The first-order chi connectivity index (χ1) is 25.2. The number of alkyl halides is 5. The molecule has 284 valence electrons. The standard InChI is InChI=1S/C34H29F7N8O3S2/c1-15-8-23-29(34(39,40)41)45-49(30(23)33(15,37)38)14-26(50)43-24(11-17-9-18(35)12-19(36)10-17)27-22(13-25-32(44-27)42-16(2)53-25)20-6-5-7-21-28(20)48(3)46-31(21)47-54(4,51)52/h5-7,9-10,12-13,15,24H,8,11,14H2,1-4H3,(H,43,50)(H,46,47)/t15-,24?/m1/s1. The Labute approximate surface area is 306 Å². The quantitative estimate of drug-likeness (QED) is 0.154. The van der Waals surface area contributed by atoms with E-state index < -0.39 is 81.5 Å². The van der Waals surface area contributed by atoms with Gasteiger partial charge in [0.2, 0.25) is 15.9 Å². The maximum atomic E-state index is 15.3. The zero-order valence-electron chi connectivity index (χ0n) is 28.7. The van der Waals surface area contributed by atoms with Crippen LogP contribution in [-0.2, 0) is 53.4 Å². The normalized spacial score (nSPS) is 16.2. The number of aryl methyl sites for hydroxylation is 2. The number of sulfonamides is 1. The summed E-state index contributed by atoms with van der Waals surface area (Å²) in [6.45, 7) is 1.78. The van der Waals surface area contributed by atoms with Gasteiger partial charge in [-0.1, -0.05) is 19.1 Å². The van der Waals surface area contributed by atoms with Crippen LogP contribution in [0.4, 0.5) is 36.6 Å². The van der Waals surface area contributed by atoms with Crippen molar-refractivity contribution in [2.75, 3.05) is 11.0 Å². The van der Waals surface area contributed by atoms with E-state index in [4.69, 9.17) is 4.98 Å². The number of halogens is 7. The summed E-state index contributed by atoms with van der Waals surface area (Å²) in [6, 6.07) is 8.07. The van der Waals surface area contributed by atoms with Crippen molar-refractivity contribution < 1.29 is 43.9 Å². The first-order valence-corrected chi connectivity index (χ1v) is 18.9. The number of pyridine rings is 1. The molecule has 0 saturated carbocycles. The average molecular weight is 795 g/mol. The van der Waals surface area contributed by atoms with E-state index in [-0.39, 0.29) is 29.1 Å². The molecule has 0 spiro atoms. The molecule has 0 saturated heterocycles. The molecule has 0 radical (unpaired) electrons. The Bertz CT molecular complexity index is 2580. The van der Waals surface area contributed by atoms with Gasteiger partial charge in [0.05, 0.1) is 33.2 Å². The Kier molecular flexibility index (Phi) is 8.98. The zero-order chi connectivity index (χ0) is 39.1. The van der Waals surface area contributed by atoms with Crippen LogP contribution < -0.4 is 10.0 Å². The molecule has 2 aromatic carbocycles. The molecular formula is C34H29F7N8O3S2. The Morgan fingerprint density at radius 1 is 1.07 bits per heavy atom. The molecule has 11 nitrogen and oxygen atoms in total. The second kappa shape index (κ2) is 13.0. The fraction of sp³-hybridized carbons (Fsp3) is 0.324. The van der Waals surface area contributed by atoms with Crippen LogP contribution in [0.5, 0.6) is 0 Å². The van der Waals surface area contributed by atoms with Crippen LogP contribution >= 0.6 is 11.3 Å². The van der Waals surface area contributed by atoms with E-state index in [0.29, 0.717) is 42.5 Å². The third-order valence-corrected chi connectivity index (χ3v) is 10.5. The smallest absolute Gasteiger partial charge is 0.346 e. The van der Waals surface area contributed by atoms with E-state index in [1.54, 1.807) is 38.2 Å². The highest BCUT2D eigenvalue weighted by Gasteiger charge is 2.54. The topological polar surface area (TPSA) is 137 Å². The van der Waals surface area contributed by atoms with Gasteiger partial charge in [0, 0.05) is 41.1 Å². The lowest BCUT2D eigenvalue weighted by atomic mass is 9.94. The number of fused-ring (bicyclic) bond motifs is 3. The number of nitrogens with one attached hydrogen (secondary N) is 2. The molecule has 4 heterocycles. The van der Waals surface area contributed by atoms with Crippen LogP contribution in [-0.4, -0.2) is 50.1 Å². The highest BCUT2D eigenvalue weighted by atomic mass is 32.2. The van der Waals surface area contributed by atoms with Crippen molar-refractivity contribution in [1.82, 2.24) is 34.8 Å². The molecule has 0 fully saturated rings.